The van der Waals surface area contributed by atoms with Crippen molar-refractivity contribution in [2.75, 3.05) is 0 Å². The molecule has 0 atom stereocenters. The molecule has 0 N–H and O–H groups in total. The fourth-order valence-electron chi connectivity index (χ4n) is 1.34. The largest absolute Gasteiger partial charge is 0.454 e. The molecule has 0 aromatic carbocycles. The molecule has 0 aliphatic rings. The van der Waals surface area contributed by atoms with Crippen LogP contribution in [0.1, 0.15) is 11.4 Å². The van der Waals surface area contributed by atoms with Crippen molar-refractivity contribution >= 4 is 0 Å². The van der Waals surface area contributed by atoms with Gasteiger partial charge in [0.25, 0.3) is 0 Å². The molecule has 0 fully saturated rings. The maximum absolute atomic E-state index is 8.77. The molecule has 5 heteroatoms. The number of pyridine rings is 1. The lowest BCUT2D eigenvalue weighted by Crippen LogP contribution is -1.90. The number of ether oxygens (including phenoxy) is 1. The highest BCUT2D eigenvalue weighted by Crippen LogP contribution is 2.21. The van der Waals surface area contributed by atoms with Crippen molar-refractivity contribution in [3.63, 3.8) is 0 Å². The first-order chi connectivity index (χ1) is 7.67. The van der Waals surface area contributed by atoms with E-state index in [1.165, 1.54) is 0 Å². The standard InChI is InChI=1S/C11H10N4O/c1-8-3-10(4-9(5-12)14-8)16-11-6-13-15(2)7-11/h3-4,6-7H,1-2H3. The molecular formula is C11H10N4O. The van der Waals surface area contributed by atoms with Crippen LogP contribution in [0, 0.1) is 18.3 Å². The van der Waals surface area contributed by atoms with Gasteiger partial charge in [-0.2, -0.15) is 10.4 Å². The molecule has 0 saturated heterocycles. The smallest absolute Gasteiger partial charge is 0.165 e. The van der Waals surface area contributed by atoms with E-state index in [0.717, 1.165) is 5.69 Å². The van der Waals surface area contributed by atoms with Crippen molar-refractivity contribution in [1.82, 2.24) is 14.8 Å². The van der Waals surface area contributed by atoms with Crippen LogP contribution in [0.5, 0.6) is 11.5 Å². The molecule has 0 aliphatic carbocycles. The molecule has 0 saturated carbocycles. The van der Waals surface area contributed by atoms with Gasteiger partial charge in [-0.1, -0.05) is 0 Å². The van der Waals surface area contributed by atoms with Gasteiger partial charge in [0.1, 0.15) is 17.5 Å². The predicted octanol–water partition coefficient (Wildman–Crippen LogP) is 1.79. The number of rotatable bonds is 2. The third-order valence-corrected chi connectivity index (χ3v) is 1.96. The van der Waals surface area contributed by atoms with Crippen LogP contribution in [-0.4, -0.2) is 14.8 Å². The molecule has 0 amide bonds. The van der Waals surface area contributed by atoms with Gasteiger partial charge >= 0.3 is 0 Å². The highest BCUT2D eigenvalue weighted by atomic mass is 16.5. The second-order valence-electron chi connectivity index (χ2n) is 3.39. The number of hydrogen-bond acceptors (Lipinski definition) is 4. The summed E-state index contributed by atoms with van der Waals surface area (Å²) in [5.74, 6) is 1.23. The fourth-order valence-corrected chi connectivity index (χ4v) is 1.34. The molecule has 2 heterocycles. The Labute approximate surface area is 92.9 Å². The lowest BCUT2D eigenvalue weighted by molar-refractivity contribution is 0.480. The van der Waals surface area contributed by atoms with Gasteiger partial charge < -0.3 is 4.74 Å². The summed E-state index contributed by atoms with van der Waals surface area (Å²) in [4.78, 5) is 4.04. The summed E-state index contributed by atoms with van der Waals surface area (Å²) in [6.07, 6.45) is 3.36. The average molecular weight is 214 g/mol. The Morgan fingerprint density at radius 1 is 1.38 bits per heavy atom. The Bertz CT molecular complexity index is 553. The first kappa shape index (κ1) is 10.2. The van der Waals surface area contributed by atoms with Crippen LogP contribution in [0.4, 0.5) is 0 Å². The topological polar surface area (TPSA) is 63.7 Å². The summed E-state index contributed by atoms with van der Waals surface area (Å²) < 4.78 is 7.20. The van der Waals surface area contributed by atoms with E-state index in [1.54, 1.807) is 29.2 Å². The van der Waals surface area contributed by atoms with Gasteiger partial charge in [-0.05, 0) is 6.92 Å². The van der Waals surface area contributed by atoms with E-state index in [-0.39, 0.29) is 0 Å². The summed E-state index contributed by atoms with van der Waals surface area (Å²) in [7, 11) is 1.81. The van der Waals surface area contributed by atoms with Crippen molar-refractivity contribution < 1.29 is 4.74 Å². The van der Waals surface area contributed by atoms with E-state index in [2.05, 4.69) is 10.1 Å². The maximum Gasteiger partial charge on any atom is 0.165 e. The van der Waals surface area contributed by atoms with E-state index in [4.69, 9.17) is 10.00 Å². The van der Waals surface area contributed by atoms with E-state index >= 15 is 0 Å². The van der Waals surface area contributed by atoms with Gasteiger partial charge in [0.15, 0.2) is 5.75 Å². The lowest BCUT2D eigenvalue weighted by atomic mass is 10.3. The lowest BCUT2D eigenvalue weighted by Gasteiger charge is -2.03. The number of nitriles is 1. The highest BCUT2D eigenvalue weighted by Gasteiger charge is 2.03. The molecular weight excluding hydrogens is 204 g/mol. The second-order valence-corrected chi connectivity index (χ2v) is 3.39. The van der Waals surface area contributed by atoms with Gasteiger partial charge in [-0.15, -0.1) is 0 Å². The van der Waals surface area contributed by atoms with Crippen LogP contribution in [0.25, 0.3) is 0 Å². The second kappa shape index (κ2) is 4.03. The zero-order valence-corrected chi connectivity index (χ0v) is 9.01. The number of aromatic nitrogens is 3. The van der Waals surface area contributed by atoms with Crippen molar-refractivity contribution in [1.29, 1.82) is 5.26 Å². The molecule has 2 aromatic rings. The van der Waals surface area contributed by atoms with E-state index in [0.29, 0.717) is 17.2 Å². The van der Waals surface area contributed by atoms with Gasteiger partial charge in [0.05, 0.1) is 12.4 Å². The minimum atomic E-state index is 0.346. The first-order valence-electron chi connectivity index (χ1n) is 4.72. The molecule has 0 spiro atoms. The molecule has 2 aromatic heterocycles. The molecule has 0 unspecified atom stereocenters. The Morgan fingerprint density at radius 3 is 2.81 bits per heavy atom. The first-order valence-corrected chi connectivity index (χ1v) is 4.72. The Morgan fingerprint density at radius 2 is 2.19 bits per heavy atom. The summed E-state index contributed by atoms with van der Waals surface area (Å²) in [6, 6.07) is 5.36. The van der Waals surface area contributed by atoms with Gasteiger partial charge in [-0.25, -0.2) is 4.98 Å². The molecule has 0 bridgehead atoms. The van der Waals surface area contributed by atoms with Crippen LogP contribution in [0.3, 0.4) is 0 Å². The van der Waals surface area contributed by atoms with Crippen LogP contribution in [0.2, 0.25) is 0 Å². The maximum atomic E-state index is 8.77. The van der Waals surface area contributed by atoms with Crippen molar-refractivity contribution in [3.8, 4) is 17.6 Å². The predicted molar refractivity (Wildman–Crippen MR) is 57.0 cm³/mol. The summed E-state index contributed by atoms with van der Waals surface area (Å²) in [5.41, 5.74) is 1.09. The Balaban J connectivity index is 2.28. The van der Waals surface area contributed by atoms with E-state index in [9.17, 15) is 0 Å². The van der Waals surface area contributed by atoms with Crippen molar-refractivity contribution in [2.24, 2.45) is 7.05 Å². The third kappa shape index (κ3) is 2.17. The normalized spacial score (nSPS) is 9.81. The third-order valence-electron chi connectivity index (χ3n) is 1.96. The fraction of sp³-hybridized carbons (Fsp3) is 0.182. The molecule has 2 rings (SSSR count). The van der Waals surface area contributed by atoms with Crippen LogP contribution in [-0.2, 0) is 7.05 Å². The number of aryl methyl sites for hydroxylation is 2. The Hall–Kier alpha value is -2.35. The molecule has 5 nitrogen and oxygen atoms in total. The summed E-state index contributed by atoms with van der Waals surface area (Å²) in [6.45, 7) is 1.82. The van der Waals surface area contributed by atoms with Gasteiger partial charge in [0, 0.05) is 24.9 Å². The molecule has 0 aliphatic heterocycles. The number of nitrogens with zero attached hydrogens (tertiary/aromatic N) is 4. The zero-order valence-electron chi connectivity index (χ0n) is 9.01. The molecule has 0 radical (unpaired) electrons. The summed E-state index contributed by atoms with van der Waals surface area (Å²) in [5, 5.41) is 12.8. The minimum Gasteiger partial charge on any atom is -0.454 e. The van der Waals surface area contributed by atoms with Crippen LogP contribution in [0.15, 0.2) is 24.5 Å². The van der Waals surface area contributed by atoms with Gasteiger partial charge in [0.2, 0.25) is 0 Å². The highest BCUT2D eigenvalue weighted by molar-refractivity contribution is 5.35. The van der Waals surface area contributed by atoms with Crippen molar-refractivity contribution in [2.45, 2.75) is 6.92 Å². The van der Waals surface area contributed by atoms with Crippen molar-refractivity contribution in [3.05, 3.63) is 35.9 Å². The number of hydrogen-bond donors (Lipinski definition) is 0. The van der Waals surface area contributed by atoms with Gasteiger partial charge in [-0.3, -0.25) is 4.68 Å². The monoisotopic (exact) mass is 214 g/mol. The van der Waals surface area contributed by atoms with E-state index in [1.807, 2.05) is 20.0 Å². The summed E-state index contributed by atoms with van der Waals surface area (Å²) >= 11 is 0. The molecule has 16 heavy (non-hydrogen) atoms. The van der Waals surface area contributed by atoms with E-state index < -0.39 is 0 Å². The minimum absolute atomic E-state index is 0.346. The quantitative estimate of drug-likeness (QED) is 0.764. The molecule has 80 valence electrons. The van der Waals surface area contributed by atoms with Crippen LogP contribution < -0.4 is 4.74 Å². The SMILES string of the molecule is Cc1cc(Oc2cnn(C)c2)cc(C#N)n1. The zero-order chi connectivity index (χ0) is 11.5. The van der Waals surface area contributed by atoms with Crippen LogP contribution >= 0.6 is 0 Å². The average Bonchev–Trinajstić information content (AvgIpc) is 2.63. The Kier molecular flexibility index (Phi) is 2.56.